The number of benzene rings is 1. The first-order valence-electron chi connectivity index (χ1n) is 8.11. The fourth-order valence-corrected chi connectivity index (χ4v) is 6.63. The highest BCUT2D eigenvalue weighted by molar-refractivity contribution is 6.80. The molecule has 1 aromatic carbocycles. The first-order chi connectivity index (χ1) is 10.1. The van der Waals surface area contributed by atoms with Gasteiger partial charge in [0, 0.05) is 11.1 Å². The highest BCUT2D eigenvalue weighted by Crippen LogP contribution is 2.52. The highest BCUT2D eigenvalue weighted by Gasteiger charge is 2.40. The summed E-state index contributed by atoms with van der Waals surface area (Å²) in [6.45, 7) is 10.8. The normalized spacial score (nSPS) is 20.3. The third kappa shape index (κ3) is 2.39. The van der Waals surface area contributed by atoms with Crippen LogP contribution >= 0.6 is 11.6 Å². The van der Waals surface area contributed by atoms with Crippen molar-refractivity contribution in [3.05, 3.63) is 27.4 Å². The summed E-state index contributed by atoms with van der Waals surface area (Å²) in [6, 6.07) is 2.02. The molecule has 1 aromatic rings. The van der Waals surface area contributed by atoms with Crippen LogP contribution in [0.5, 0.6) is 11.5 Å². The molecule has 1 aliphatic heterocycles. The Morgan fingerprint density at radius 1 is 1.18 bits per heavy atom. The zero-order chi connectivity index (χ0) is 16.3. The van der Waals surface area contributed by atoms with E-state index in [4.69, 9.17) is 16.0 Å². The molecular formula is C18H25ClO2Si. The topological polar surface area (TPSA) is 29.5 Å². The molecule has 1 N–H and O–H groups in total. The molecular weight excluding hydrogens is 312 g/mol. The van der Waals surface area contributed by atoms with Crippen molar-refractivity contribution in [3.8, 4) is 11.5 Å². The van der Waals surface area contributed by atoms with Crippen LogP contribution in [0.3, 0.4) is 0 Å². The SMILES string of the molecule is CC(C)(C)c1cc2c(c(Cl)c1O)C1=C(CCCC1)[Si](C)(C)O2. The largest absolute Gasteiger partial charge is 0.539 e. The van der Waals surface area contributed by atoms with Crippen LogP contribution in [-0.4, -0.2) is 13.4 Å². The lowest BCUT2D eigenvalue weighted by Crippen LogP contribution is -2.41. The van der Waals surface area contributed by atoms with Crippen LogP contribution in [-0.2, 0) is 5.41 Å². The van der Waals surface area contributed by atoms with E-state index in [2.05, 4.69) is 33.9 Å². The van der Waals surface area contributed by atoms with Crippen molar-refractivity contribution < 1.29 is 9.53 Å². The van der Waals surface area contributed by atoms with Gasteiger partial charge in [0.2, 0.25) is 0 Å². The molecule has 120 valence electrons. The van der Waals surface area contributed by atoms with E-state index in [9.17, 15) is 5.11 Å². The van der Waals surface area contributed by atoms with E-state index in [0.29, 0.717) is 5.02 Å². The van der Waals surface area contributed by atoms with E-state index in [1.807, 2.05) is 6.07 Å². The average molecular weight is 337 g/mol. The zero-order valence-corrected chi connectivity index (χ0v) is 15.9. The summed E-state index contributed by atoms with van der Waals surface area (Å²) in [5.41, 5.74) is 3.00. The average Bonchev–Trinajstić information content (AvgIpc) is 2.41. The molecule has 22 heavy (non-hydrogen) atoms. The Kier molecular flexibility index (Phi) is 3.65. The molecule has 3 rings (SSSR count). The Morgan fingerprint density at radius 2 is 1.82 bits per heavy atom. The van der Waals surface area contributed by atoms with E-state index in [-0.39, 0.29) is 11.2 Å². The van der Waals surface area contributed by atoms with Crippen LogP contribution in [0.15, 0.2) is 11.3 Å². The summed E-state index contributed by atoms with van der Waals surface area (Å²) in [7, 11) is -1.89. The van der Waals surface area contributed by atoms with Crippen LogP contribution in [0.1, 0.15) is 57.6 Å². The van der Waals surface area contributed by atoms with Crippen LogP contribution < -0.4 is 4.43 Å². The number of hydrogen-bond donors (Lipinski definition) is 1. The van der Waals surface area contributed by atoms with Gasteiger partial charge < -0.3 is 9.53 Å². The molecule has 0 atom stereocenters. The van der Waals surface area contributed by atoms with Gasteiger partial charge in [0.05, 0.1) is 5.02 Å². The van der Waals surface area contributed by atoms with Crippen LogP contribution in [0.2, 0.25) is 18.1 Å². The van der Waals surface area contributed by atoms with Gasteiger partial charge in [0.1, 0.15) is 11.5 Å². The second-order valence-corrected chi connectivity index (χ2v) is 12.2. The number of hydrogen-bond acceptors (Lipinski definition) is 2. The highest BCUT2D eigenvalue weighted by atomic mass is 35.5. The Bertz CT molecular complexity index is 669. The summed E-state index contributed by atoms with van der Waals surface area (Å²) in [5, 5.41) is 12.6. The molecule has 1 aliphatic carbocycles. The third-order valence-corrected chi connectivity index (χ3v) is 7.98. The van der Waals surface area contributed by atoms with Crippen molar-refractivity contribution in [1.82, 2.24) is 0 Å². The maximum Gasteiger partial charge on any atom is 0.273 e. The first kappa shape index (κ1) is 15.9. The van der Waals surface area contributed by atoms with Crippen LogP contribution in [0.25, 0.3) is 5.57 Å². The second-order valence-electron chi connectivity index (χ2n) is 7.99. The molecule has 0 saturated heterocycles. The summed E-state index contributed by atoms with van der Waals surface area (Å²) < 4.78 is 6.45. The van der Waals surface area contributed by atoms with Gasteiger partial charge in [-0.1, -0.05) is 32.4 Å². The molecule has 0 unspecified atom stereocenters. The lowest BCUT2D eigenvalue weighted by Gasteiger charge is -2.39. The standard InChI is InChI=1S/C18H25ClO2Si/c1-18(2,3)12-10-13-15(16(19)17(12)20)11-8-6-7-9-14(11)22(4,5)21-13/h10,20H,6-9H2,1-5H3. The van der Waals surface area contributed by atoms with E-state index >= 15 is 0 Å². The minimum absolute atomic E-state index is 0.168. The molecule has 0 aromatic heterocycles. The molecule has 0 bridgehead atoms. The number of halogens is 1. The number of rotatable bonds is 0. The van der Waals surface area contributed by atoms with Crippen molar-refractivity contribution >= 4 is 25.5 Å². The van der Waals surface area contributed by atoms with E-state index in [0.717, 1.165) is 29.7 Å². The van der Waals surface area contributed by atoms with E-state index < -0.39 is 8.32 Å². The van der Waals surface area contributed by atoms with Crippen LogP contribution in [0.4, 0.5) is 0 Å². The Morgan fingerprint density at radius 3 is 2.45 bits per heavy atom. The van der Waals surface area contributed by atoms with Gasteiger partial charge in [-0.05, 0) is 61.0 Å². The minimum Gasteiger partial charge on any atom is -0.539 e. The zero-order valence-electron chi connectivity index (χ0n) is 14.1. The number of aromatic hydroxyl groups is 1. The first-order valence-corrected chi connectivity index (χ1v) is 11.4. The molecule has 0 fully saturated rings. The minimum atomic E-state index is -1.89. The number of allylic oxidation sites excluding steroid dienone is 2. The smallest absolute Gasteiger partial charge is 0.273 e. The molecule has 0 amide bonds. The quantitative estimate of drug-likeness (QED) is 0.606. The van der Waals surface area contributed by atoms with Gasteiger partial charge >= 0.3 is 0 Å². The molecule has 0 radical (unpaired) electrons. The monoisotopic (exact) mass is 336 g/mol. The van der Waals surface area contributed by atoms with Crippen molar-refractivity contribution in [2.24, 2.45) is 0 Å². The third-order valence-electron chi connectivity index (χ3n) is 4.87. The maximum absolute atomic E-state index is 10.6. The van der Waals surface area contributed by atoms with Crippen molar-refractivity contribution in [2.45, 2.75) is 65.0 Å². The van der Waals surface area contributed by atoms with Gasteiger partial charge in [0.15, 0.2) is 0 Å². The lowest BCUT2D eigenvalue weighted by molar-refractivity contribution is 0.442. The second kappa shape index (κ2) is 5.03. The summed E-state index contributed by atoms with van der Waals surface area (Å²) >= 11 is 6.59. The van der Waals surface area contributed by atoms with Crippen LogP contribution in [0, 0.1) is 0 Å². The predicted octanol–water partition coefficient (Wildman–Crippen LogP) is 5.81. The van der Waals surface area contributed by atoms with Crippen molar-refractivity contribution in [3.63, 3.8) is 0 Å². The molecule has 2 aliphatic rings. The number of phenolic OH excluding ortho intramolecular Hbond substituents is 1. The number of fused-ring (bicyclic) bond motifs is 2. The van der Waals surface area contributed by atoms with Crippen molar-refractivity contribution in [1.29, 1.82) is 0 Å². The van der Waals surface area contributed by atoms with E-state index in [1.54, 1.807) is 0 Å². The Labute approximate surface area is 139 Å². The molecule has 4 heteroatoms. The fourth-order valence-electron chi connectivity index (χ4n) is 3.73. The molecule has 1 heterocycles. The van der Waals surface area contributed by atoms with Gasteiger partial charge in [0.25, 0.3) is 8.32 Å². The van der Waals surface area contributed by atoms with Gasteiger partial charge in [-0.15, -0.1) is 0 Å². The predicted molar refractivity (Wildman–Crippen MR) is 95.3 cm³/mol. The molecule has 0 saturated carbocycles. The Hall–Kier alpha value is -0.933. The fraction of sp³-hybridized carbons (Fsp3) is 0.556. The van der Waals surface area contributed by atoms with E-state index in [1.165, 1.54) is 23.6 Å². The van der Waals surface area contributed by atoms with Gasteiger partial charge in [-0.2, -0.15) is 0 Å². The molecule has 2 nitrogen and oxygen atoms in total. The Balaban J connectivity index is 2.29. The lowest BCUT2D eigenvalue weighted by atomic mass is 9.83. The number of phenols is 1. The summed E-state index contributed by atoms with van der Waals surface area (Å²) in [4.78, 5) is 0. The summed E-state index contributed by atoms with van der Waals surface area (Å²) in [5.74, 6) is 1.10. The van der Waals surface area contributed by atoms with Gasteiger partial charge in [-0.25, -0.2) is 0 Å². The van der Waals surface area contributed by atoms with Gasteiger partial charge in [-0.3, -0.25) is 0 Å². The maximum atomic E-state index is 10.6. The summed E-state index contributed by atoms with van der Waals surface area (Å²) in [6.07, 6.45) is 4.60. The molecule has 0 spiro atoms. The van der Waals surface area contributed by atoms with Crippen molar-refractivity contribution in [2.75, 3.05) is 0 Å².